The molecule has 1 saturated carbocycles. The van der Waals surface area contributed by atoms with E-state index in [9.17, 15) is 19.5 Å². The summed E-state index contributed by atoms with van der Waals surface area (Å²) in [7, 11) is 0. The molecule has 2 atom stereocenters. The molecule has 8 heteroatoms. The molecular weight excluding hydrogens is 436 g/mol. The van der Waals surface area contributed by atoms with Crippen LogP contribution in [0.2, 0.25) is 0 Å². The highest BCUT2D eigenvalue weighted by molar-refractivity contribution is 5.85. The second-order valence-electron chi connectivity index (χ2n) is 8.57. The van der Waals surface area contributed by atoms with E-state index in [-0.39, 0.29) is 24.9 Å². The Morgan fingerprint density at radius 2 is 1.68 bits per heavy atom. The number of benzene rings is 2. The number of nitrogens with one attached hydrogen (secondary N) is 2. The van der Waals surface area contributed by atoms with Crippen LogP contribution in [0.3, 0.4) is 0 Å². The highest BCUT2D eigenvalue weighted by Crippen LogP contribution is 2.44. The molecule has 178 valence electrons. The van der Waals surface area contributed by atoms with Crippen molar-refractivity contribution in [1.29, 1.82) is 0 Å². The predicted molar refractivity (Wildman–Crippen MR) is 125 cm³/mol. The minimum Gasteiger partial charge on any atom is -0.479 e. The van der Waals surface area contributed by atoms with E-state index < -0.39 is 30.1 Å². The molecule has 2 amide bonds. The number of aliphatic carboxylic acids is 1. The molecular formula is C26H28N2O6. The Kier molecular flexibility index (Phi) is 7.27. The van der Waals surface area contributed by atoms with Gasteiger partial charge < -0.3 is 15.2 Å². The first-order valence-electron chi connectivity index (χ1n) is 11.4. The SMILES string of the molecule is C=CCCC(NC(=O)OCC1c2ccccc2-c2ccccc21)C(=O)NOC(C(=O)O)C1CC1. The molecule has 2 aromatic rings. The van der Waals surface area contributed by atoms with Crippen molar-refractivity contribution in [2.24, 2.45) is 5.92 Å². The molecule has 1 fully saturated rings. The molecule has 4 rings (SSSR count). The maximum atomic E-state index is 12.6. The molecule has 2 aliphatic carbocycles. The molecule has 34 heavy (non-hydrogen) atoms. The molecule has 0 heterocycles. The smallest absolute Gasteiger partial charge is 0.407 e. The number of hydrogen-bond donors (Lipinski definition) is 3. The van der Waals surface area contributed by atoms with Gasteiger partial charge in [0.2, 0.25) is 0 Å². The normalized spacial score (nSPS) is 16.0. The lowest BCUT2D eigenvalue weighted by molar-refractivity contribution is -0.163. The summed E-state index contributed by atoms with van der Waals surface area (Å²) in [5.41, 5.74) is 6.62. The van der Waals surface area contributed by atoms with Crippen molar-refractivity contribution >= 4 is 18.0 Å². The van der Waals surface area contributed by atoms with E-state index in [1.54, 1.807) is 6.08 Å². The van der Waals surface area contributed by atoms with Gasteiger partial charge in [-0.25, -0.2) is 15.1 Å². The van der Waals surface area contributed by atoms with Gasteiger partial charge in [-0.05, 0) is 53.9 Å². The Bertz CT molecular complexity index is 1030. The van der Waals surface area contributed by atoms with Crippen LogP contribution < -0.4 is 10.8 Å². The first-order chi connectivity index (χ1) is 16.5. The maximum Gasteiger partial charge on any atom is 0.407 e. The van der Waals surface area contributed by atoms with Crippen LogP contribution in [0.4, 0.5) is 4.79 Å². The average molecular weight is 465 g/mol. The number of rotatable bonds is 11. The van der Waals surface area contributed by atoms with Gasteiger partial charge in [0, 0.05) is 5.92 Å². The zero-order valence-electron chi connectivity index (χ0n) is 18.7. The van der Waals surface area contributed by atoms with Crippen LogP contribution in [0.25, 0.3) is 11.1 Å². The Labute approximate surface area is 197 Å². The van der Waals surface area contributed by atoms with Gasteiger partial charge in [-0.15, -0.1) is 6.58 Å². The number of hydrogen-bond acceptors (Lipinski definition) is 5. The number of hydroxylamine groups is 1. The van der Waals surface area contributed by atoms with Crippen molar-refractivity contribution in [2.45, 2.75) is 43.7 Å². The summed E-state index contributed by atoms with van der Waals surface area (Å²) >= 11 is 0. The Hall–Kier alpha value is -3.65. The lowest BCUT2D eigenvalue weighted by atomic mass is 9.98. The van der Waals surface area contributed by atoms with Crippen LogP contribution in [0.15, 0.2) is 61.2 Å². The van der Waals surface area contributed by atoms with Crippen LogP contribution in [0.5, 0.6) is 0 Å². The van der Waals surface area contributed by atoms with Gasteiger partial charge in [-0.1, -0.05) is 54.6 Å². The number of carbonyl (C=O) groups is 3. The van der Waals surface area contributed by atoms with Crippen molar-refractivity contribution in [3.8, 4) is 11.1 Å². The van der Waals surface area contributed by atoms with E-state index in [2.05, 4.69) is 29.5 Å². The van der Waals surface area contributed by atoms with Gasteiger partial charge in [0.15, 0.2) is 6.10 Å². The third kappa shape index (κ3) is 5.28. The minimum atomic E-state index is -1.13. The van der Waals surface area contributed by atoms with Gasteiger partial charge >= 0.3 is 12.1 Å². The Morgan fingerprint density at radius 1 is 1.06 bits per heavy atom. The largest absolute Gasteiger partial charge is 0.479 e. The monoisotopic (exact) mass is 464 g/mol. The number of carboxylic acids is 1. The average Bonchev–Trinajstić information content (AvgIpc) is 3.62. The second-order valence-corrected chi connectivity index (χ2v) is 8.57. The first-order valence-corrected chi connectivity index (χ1v) is 11.4. The molecule has 0 aliphatic heterocycles. The number of carbonyl (C=O) groups excluding carboxylic acids is 2. The summed E-state index contributed by atoms with van der Waals surface area (Å²) in [6, 6.07) is 15.1. The van der Waals surface area contributed by atoms with E-state index >= 15 is 0 Å². The van der Waals surface area contributed by atoms with Crippen molar-refractivity contribution in [1.82, 2.24) is 10.8 Å². The summed E-state index contributed by atoms with van der Waals surface area (Å²) < 4.78 is 5.52. The zero-order chi connectivity index (χ0) is 24.1. The fourth-order valence-electron chi connectivity index (χ4n) is 4.28. The van der Waals surface area contributed by atoms with Gasteiger partial charge in [0.25, 0.3) is 5.91 Å². The zero-order valence-corrected chi connectivity index (χ0v) is 18.7. The van der Waals surface area contributed by atoms with Gasteiger partial charge in [0.05, 0.1) is 0 Å². The molecule has 0 aromatic heterocycles. The molecule has 0 spiro atoms. The quantitative estimate of drug-likeness (QED) is 0.345. The molecule has 3 N–H and O–H groups in total. The lowest BCUT2D eigenvalue weighted by Crippen LogP contribution is -2.48. The molecule has 0 radical (unpaired) electrons. The topological polar surface area (TPSA) is 114 Å². The molecule has 2 unspecified atom stereocenters. The summed E-state index contributed by atoms with van der Waals surface area (Å²) in [5.74, 6) is -1.98. The lowest BCUT2D eigenvalue weighted by Gasteiger charge is -2.20. The third-order valence-corrected chi connectivity index (χ3v) is 6.19. The predicted octanol–water partition coefficient (Wildman–Crippen LogP) is 3.77. The number of amides is 2. The molecule has 0 bridgehead atoms. The molecule has 8 nitrogen and oxygen atoms in total. The fraction of sp³-hybridized carbons (Fsp3) is 0.346. The van der Waals surface area contributed by atoms with Crippen LogP contribution >= 0.6 is 0 Å². The van der Waals surface area contributed by atoms with Crippen molar-refractivity contribution in [3.05, 3.63) is 72.3 Å². The second kappa shape index (κ2) is 10.5. The summed E-state index contributed by atoms with van der Waals surface area (Å²) in [6.45, 7) is 3.77. The standard InChI is InChI=1S/C26H28N2O6/c1-2-3-12-22(24(29)28-34-23(25(30)31)16-13-14-16)27-26(32)33-15-21-19-10-6-4-8-17(19)18-9-5-7-11-20(18)21/h2,4-11,16,21-23H,1,3,12-15H2,(H,27,32)(H,28,29)(H,30,31). The highest BCUT2D eigenvalue weighted by atomic mass is 16.7. The third-order valence-electron chi connectivity index (χ3n) is 6.19. The minimum absolute atomic E-state index is 0.100. The van der Waals surface area contributed by atoms with Crippen LogP contribution in [0.1, 0.15) is 42.7 Å². The van der Waals surface area contributed by atoms with Gasteiger partial charge in [-0.2, -0.15) is 0 Å². The van der Waals surface area contributed by atoms with Gasteiger partial charge in [-0.3, -0.25) is 9.63 Å². The summed E-state index contributed by atoms with van der Waals surface area (Å²) in [6.07, 6.45) is 2.01. The number of fused-ring (bicyclic) bond motifs is 3. The Morgan fingerprint density at radius 3 is 2.24 bits per heavy atom. The maximum absolute atomic E-state index is 12.6. The van der Waals surface area contributed by atoms with E-state index in [4.69, 9.17) is 9.57 Å². The van der Waals surface area contributed by atoms with Crippen molar-refractivity contribution in [3.63, 3.8) is 0 Å². The summed E-state index contributed by atoms with van der Waals surface area (Å²) in [5, 5.41) is 11.8. The number of allylic oxidation sites excluding steroid dienone is 1. The van der Waals surface area contributed by atoms with E-state index in [0.717, 1.165) is 35.1 Å². The van der Waals surface area contributed by atoms with E-state index in [1.165, 1.54) is 0 Å². The van der Waals surface area contributed by atoms with E-state index in [1.807, 2.05) is 36.4 Å². The molecule has 0 saturated heterocycles. The number of ether oxygens (including phenoxy) is 1. The van der Waals surface area contributed by atoms with Crippen LogP contribution in [-0.2, 0) is 19.2 Å². The summed E-state index contributed by atoms with van der Waals surface area (Å²) in [4.78, 5) is 41.7. The molecule has 2 aromatic carbocycles. The van der Waals surface area contributed by atoms with Crippen molar-refractivity contribution < 1.29 is 29.1 Å². The fourth-order valence-corrected chi connectivity index (χ4v) is 4.28. The highest BCUT2D eigenvalue weighted by Gasteiger charge is 2.38. The van der Waals surface area contributed by atoms with Crippen LogP contribution in [-0.4, -0.2) is 41.8 Å². The first kappa shape index (κ1) is 23.5. The van der Waals surface area contributed by atoms with Crippen molar-refractivity contribution in [2.75, 3.05) is 6.61 Å². The van der Waals surface area contributed by atoms with E-state index in [0.29, 0.717) is 6.42 Å². The Balaban J connectivity index is 1.36. The number of carboxylic acid groups (broad SMARTS) is 1. The molecule has 2 aliphatic rings. The van der Waals surface area contributed by atoms with Gasteiger partial charge in [0.1, 0.15) is 12.6 Å². The van der Waals surface area contributed by atoms with Crippen LogP contribution in [0, 0.1) is 5.92 Å². The number of alkyl carbamates (subject to hydrolysis) is 1.